The van der Waals surface area contributed by atoms with E-state index in [1.54, 1.807) is 0 Å². The zero-order chi connectivity index (χ0) is 26.2. The molecule has 2 aromatic carbocycles. The summed E-state index contributed by atoms with van der Waals surface area (Å²) < 4.78 is 29.8. The van der Waals surface area contributed by atoms with Gasteiger partial charge in [-0.05, 0) is 35.8 Å². The smallest absolute Gasteiger partial charge is 0.408 e. The Balaban J connectivity index is 1.67. The monoisotopic (exact) mass is 530 g/mol. The van der Waals surface area contributed by atoms with Gasteiger partial charge in [0.1, 0.15) is 11.6 Å². The molecule has 0 aliphatic rings. The average Bonchev–Trinajstić information content (AvgIpc) is 3.31. The summed E-state index contributed by atoms with van der Waals surface area (Å²) in [5.41, 5.74) is 3.97. The molecule has 0 radical (unpaired) electrons. The summed E-state index contributed by atoms with van der Waals surface area (Å²) in [5, 5.41) is 10.7. The molecule has 3 aromatic rings. The van der Waals surface area contributed by atoms with Crippen molar-refractivity contribution in [2.45, 2.75) is 58.1 Å². The Morgan fingerprint density at radius 1 is 1.08 bits per heavy atom. The van der Waals surface area contributed by atoms with Crippen molar-refractivity contribution in [2.24, 2.45) is 5.14 Å². The third-order valence-corrected chi connectivity index (χ3v) is 7.12. The van der Waals surface area contributed by atoms with Crippen molar-refractivity contribution in [1.29, 1.82) is 0 Å². The molecular formula is C26H34N4O4S2. The van der Waals surface area contributed by atoms with E-state index in [-0.39, 0.29) is 24.6 Å². The molecule has 36 heavy (non-hydrogen) atoms. The van der Waals surface area contributed by atoms with Crippen molar-refractivity contribution in [3.05, 3.63) is 76.8 Å². The summed E-state index contributed by atoms with van der Waals surface area (Å²) in [6.07, 6.45) is 1.26. The number of rotatable bonds is 11. The number of nitrogens with zero attached hydrogens (tertiary/aromatic N) is 1. The van der Waals surface area contributed by atoms with Crippen LogP contribution in [0.2, 0.25) is 0 Å². The highest BCUT2D eigenvalue weighted by molar-refractivity contribution is 7.87. The van der Waals surface area contributed by atoms with Gasteiger partial charge in [0.15, 0.2) is 0 Å². The van der Waals surface area contributed by atoms with Gasteiger partial charge in [0.25, 0.3) is 10.2 Å². The minimum atomic E-state index is -3.72. The van der Waals surface area contributed by atoms with Gasteiger partial charge in [0.2, 0.25) is 0 Å². The highest BCUT2D eigenvalue weighted by Crippen LogP contribution is 2.30. The molecule has 0 aliphatic carbocycles. The Kier molecular flexibility index (Phi) is 9.61. The first-order valence-corrected chi connectivity index (χ1v) is 14.2. The third kappa shape index (κ3) is 9.02. The van der Waals surface area contributed by atoms with Crippen molar-refractivity contribution >= 4 is 27.6 Å². The highest BCUT2D eigenvalue weighted by atomic mass is 32.2. The molecular weight excluding hydrogens is 496 g/mol. The van der Waals surface area contributed by atoms with E-state index in [1.165, 1.54) is 16.9 Å². The Morgan fingerprint density at radius 3 is 2.42 bits per heavy atom. The number of hydrogen-bond acceptors (Lipinski definition) is 6. The zero-order valence-electron chi connectivity index (χ0n) is 20.9. The van der Waals surface area contributed by atoms with Crippen LogP contribution in [0.25, 0.3) is 10.6 Å². The number of carbonyl (C=O) groups is 1. The maximum atomic E-state index is 12.6. The number of ether oxygens (including phenoxy) is 1. The molecule has 0 aliphatic heterocycles. The van der Waals surface area contributed by atoms with E-state index in [2.05, 4.69) is 55.1 Å². The summed E-state index contributed by atoms with van der Waals surface area (Å²) in [4.78, 5) is 17.4. The Bertz CT molecular complexity index is 1220. The average molecular weight is 531 g/mol. The molecule has 0 saturated heterocycles. The van der Waals surface area contributed by atoms with E-state index in [0.29, 0.717) is 19.3 Å². The van der Waals surface area contributed by atoms with Crippen LogP contribution in [0.5, 0.6) is 0 Å². The van der Waals surface area contributed by atoms with Gasteiger partial charge < -0.3 is 10.1 Å². The van der Waals surface area contributed by atoms with Crippen LogP contribution in [0.1, 0.15) is 62.9 Å². The van der Waals surface area contributed by atoms with E-state index < -0.39 is 16.3 Å². The molecule has 194 valence electrons. The summed E-state index contributed by atoms with van der Waals surface area (Å²) >= 11 is 1.52. The minimum absolute atomic E-state index is 0.0692. The van der Waals surface area contributed by atoms with Gasteiger partial charge in [-0.1, -0.05) is 75.4 Å². The molecule has 1 heterocycles. The maximum Gasteiger partial charge on any atom is 0.408 e. The lowest BCUT2D eigenvalue weighted by Crippen LogP contribution is -2.32. The lowest BCUT2D eigenvalue weighted by molar-refractivity contribution is 0.134. The van der Waals surface area contributed by atoms with Crippen LogP contribution in [-0.4, -0.2) is 26.0 Å². The SMILES string of the molecule is CC(C)(C)c1ccc(-c2nc([C@H](CCCCNS(N)(=O)=O)NC(=O)OCc3ccccc3)cs2)cc1. The number of amides is 1. The fourth-order valence-electron chi connectivity index (χ4n) is 3.58. The first-order chi connectivity index (χ1) is 17.0. The van der Waals surface area contributed by atoms with Gasteiger partial charge in [0, 0.05) is 17.5 Å². The van der Waals surface area contributed by atoms with Crippen LogP contribution in [0.15, 0.2) is 60.0 Å². The molecule has 10 heteroatoms. The number of hydrogen-bond donors (Lipinski definition) is 3. The van der Waals surface area contributed by atoms with E-state index in [1.807, 2.05) is 35.7 Å². The fourth-order valence-corrected chi connectivity index (χ4v) is 4.89. The standard InChI is InChI=1S/C26H34N4O4S2/c1-26(2,3)21-14-12-20(13-15-21)24-29-23(18-35-24)22(11-7-8-16-28-36(27,32)33)30-25(31)34-17-19-9-5-4-6-10-19/h4-6,9-10,12-15,18,22,28H,7-8,11,16-17H2,1-3H3,(H,30,31)(H2,27,32,33)/t22-/m0/s1. The number of thiazole rings is 1. The molecule has 4 N–H and O–H groups in total. The second kappa shape index (κ2) is 12.4. The van der Waals surface area contributed by atoms with Crippen molar-refractivity contribution in [1.82, 2.24) is 15.0 Å². The first kappa shape index (κ1) is 27.8. The van der Waals surface area contributed by atoms with Crippen molar-refractivity contribution in [3.8, 4) is 10.6 Å². The van der Waals surface area contributed by atoms with Gasteiger partial charge in [0.05, 0.1) is 11.7 Å². The highest BCUT2D eigenvalue weighted by Gasteiger charge is 2.20. The fraction of sp³-hybridized carbons (Fsp3) is 0.385. The largest absolute Gasteiger partial charge is 0.445 e. The van der Waals surface area contributed by atoms with Crippen LogP contribution < -0.4 is 15.2 Å². The van der Waals surface area contributed by atoms with Gasteiger partial charge in [-0.3, -0.25) is 0 Å². The maximum absolute atomic E-state index is 12.6. The molecule has 1 amide bonds. The molecule has 1 aromatic heterocycles. The second-order valence-corrected chi connectivity index (χ2v) is 11.8. The number of nitrogens with one attached hydrogen (secondary N) is 2. The number of carbonyl (C=O) groups excluding carboxylic acids is 1. The van der Waals surface area contributed by atoms with Crippen LogP contribution in [0.3, 0.4) is 0 Å². The van der Waals surface area contributed by atoms with E-state index in [0.717, 1.165) is 21.8 Å². The molecule has 0 fully saturated rings. The summed E-state index contributed by atoms with van der Waals surface area (Å²) in [6.45, 7) is 6.92. The summed E-state index contributed by atoms with van der Waals surface area (Å²) in [6, 6.07) is 17.5. The molecule has 8 nitrogen and oxygen atoms in total. The van der Waals surface area contributed by atoms with Gasteiger partial charge >= 0.3 is 6.09 Å². The van der Waals surface area contributed by atoms with Crippen LogP contribution in [0.4, 0.5) is 4.79 Å². The van der Waals surface area contributed by atoms with Gasteiger partial charge in [-0.25, -0.2) is 19.6 Å². The Labute approximate surface area is 217 Å². The van der Waals surface area contributed by atoms with Crippen molar-refractivity contribution in [3.63, 3.8) is 0 Å². The zero-order valence-corrected chi connectivity index (χ0v) is 22.5. The minimum Gasteiger partial charge on any atom is -0.445 e. The summed E-state index contributed by atoms with van der Waals surface area (Å²) in [7, 11) is -3.72. The summed E-state index contributed by atoms with van der Waals surface area (Å²) in [5.74, 6) is 0. The van der Waals surface area contributed by atoms with Crippen LogP contribution in [-0.2, 0) is 27.0 Å². The first-order valence-electron chi connectivity index (χ1n) is 11.8. The number of alkyl carbamates (subject to hydrolysis) is 1. The Hall–Kier alpha value is -2.79. The van der Waals surface area contributed by atoms with E-state index >= 15 is 0 Å². The third-order valence-electron chi connectivity index (χ3n) is 5.60. The van der Waals surface area contributed by atoms with Gasteiger partial charge in [-0.2, -0.15) is 8.42 Å². The van der Waals surface area contributed by atoms with Crippen molar-refractivity contribution in [2.75, 3.05) is 6.54 Å². The number of benzene rings is 2. The molecule has 0 spiro atoms. The lowest BCUT2D eigenvalue weighted by Gasteiger charge is -2.19. The molecule has 1 atom stereocenters. The molecule has 0 saturated carbocycles. The molecule has 0 unspecified atom stereocenters. The van der Waals surface area contributed by atoms with E-state index in [9.17, 15) is 13.2 Å². The van der Waals surface area contributed by atoms with Crippen LogP contribution in [0, 0.1) is 0 Å². The quantitative estimate of drug-likeness (QED) is 0.300. The topological polar surface area (TPSA) is 123 Å². The number of unbranched alkanes of at least 4 members (excludes halogenated alkanes) is 1. The lowest BCUT2D eigenvalue weighted by atomic mass is 9.87. The molecule has 3 rings (SSSR count). The second-order valence-electron chi connectivity index (χ2n) is 9.60. The predicted octanol–water partition coefficient (Wildman–Crippen LogP) is 5.04. The molecule has 0 bridgehead atoms. The predicted molar refractivity (Wildman–Crippen MR) is 144 cm³/mol. The Morgan fingerprint density at radius 2 is 1.78 bits per heavy atom. The van der Waals surface area contributed by atoms with Gasteiger partial charge in [-0.15, -0.1) is 11.3 Å². The number of aromatic nitrogens is 1. The van der Waals surface area contributed by atoms with Crippen LogP contribution >= 0.6 is 11.3 Å². The van der Waals surface area contributed by atoms with Crippen molar-refractivity contribution < 1.29 is 17.9 Å². The van der Waals surface area contributed by atoms with E-state index in [4.69, 9.17) is 14.9 Å². The normalized spacial score (nSPS) is 12.8. The number of nitrogens with two attached hydrogens (primary N) is 1.